The molecule has 0 radical (unpaired) electrons. The number of pyridine rings is 2. The number of aromatic nitrogens is 2. The quantitative estimate of drug-likeness (QED) is 0.852. The molecule has 0 saturated heterocycles. The van der Waals surface area contributed by atoms with Crippen LogP contribution in [0.2, 0.25) is 0 Å². The number of anilines is 2. The zero-order valence-electron chi connectivity index (χ0n) is 12.3. The van der Waals surface area contributed by atoms with Crippen LogP contribution in [0.4, 0.5) is 11.5 Å². The summed E-state index contributed by atoms with van der Waals surface area (Å²) in [5.41, 5.74) is 0.635. The smallest absolute Gasteiger partial charge is 0.265 e. The molecule has 0 fully saturated rings. The summed E-state index contributed by atoms with van der Waals surface area (Å²) in [5, 5.41) is 0. The van der Waals surface area contributed by atoms with Crippen molar-refractivity contribution in [2.45, 2.75) is 9.79 Å². The largest absolute Gasteiger partial charge is 0.363 e. The monoisotopic (exact) mass is 336 g/mol. The van der Waals surface area contributed by atoms with E-state index < -0.39 is 10.0 Å². The van der Waals surface area contributed by atoms with Gasteiger partial charge in [-0.05, 0) is 18.2 Å². The molecule has 0 spiro atoms. The summed E-state index contributed by atoms with van der Waals surface area (Å²) in [5.74, 6) is 1.44. The second-order valence-corrected chi connectivity index (χ2v) is 8.01. The number of rotatable bonds is 3. The third kappa shape index (κ3) is 2.64. The highest BCUT2D eigenvalue weighted by Gasteiger charge is 2.29. The fourth-order valence-corrected chi connectivity index (χ4v) is 4.76. The molecular weight excluding hydrogens is 320 g/mol. The van der Waals surface area contributed by atoms with E-state index in [2.05, 4.69) is 9.97 Å². The van der Waals surface area contributed by atoms with Crippen molar-refractivity contribution in [2.24, 2.45) is 0 Å². The van der Waals surface area contributed by atoms with E-state index in [1.54, 1.807) is 36.3 Å². The van der Waals surface area contributed by atoms with Gasteiger partial charge in [0.1, 0.15) is 10.7 Å². The summed E-state index contributed by atoms with van der Waals surface area (Å²) in [6, 6.07) is 5.14. The van der Waals surface area contributed by atoms with Gasteiger partial charge in [0.25, 0.3) is 10.0 Å². The number of hydrogen-bond donors (Lipinski definition) is 0. The van der Waals surface area contributed by atoms with Crippen LogP contribution in [0, 0.1) is 0 Å². The van der Waals surface area contributed by atoms with Crippen molar-refractivity contribution in [3.8, 4) is 0 Å². The Bertz CT molecular complexity index is 776. The lowest BCUT2D eigenvalue weighted by Crippen LogP contribution is -2.35. The number of hydrogen-bond acceptors (Lipinski definition) is 6. The van der Waals surface area contributed by atoms with E-state index in [9.17, 15) is 8.42 Å². The molecule has 2 aromatic rings. The van der Waals surface area contributed by atoms with E-state index in [-0.39, 0.29) is 4.90 Å². The number of fused-ring (bicyclic) bond motifs is 1. The molecule has 0 saturated carbocycles. The van der Waals surface area contributed by atoms with Crippen LogP contribution in [-0.2, 0) is 10.0 Å². The van der Waals surface area contributed by atoms with Crippen molar-refractivity contribution in [2.75, 3.05) is 35.6 Å². The fourth-order valence-electron chi connectivity index (χ4n) is 2.21. The molecule has 6 nitrogen and oxygen atoms in total. The minimum Gasteiger partial charge on any atom is -0.363 e. The predicted molar refractivity (Wildman–Crippen MR) is 88.1 cm³/mol. The number of thioether (sulfide) groups is 1. The summed E-state index contributed by atoms with van der Waals surface area (Å²) in [4.78, 5) is 11.2. The van der Waals surface area contributed by atoms with E-state index in [4.69, 9.17) is 0 Å². The maximum absolute atomic E-state index is 12.9. The molecule has 22 heavy (non-hydrogen) atoms. The zero-order chi connectivity index (χ0) is 15.7. The first-order valence-corrected chi connectivity index (χ1v) is 9.15. The summed E-state index contributed by atoms with van der Waals surface area (Å²) < 4.78 is 27.1. The molecule has 0 N–H and O–H groups in total. The number of sulfonamides is 1. The first-order valence-electron chi connectivity index (χ1n) is 6.73. The highest BCUT2D eigenvalue weighted by atomic mass is 32.2. The minimum atomic E-state index is -3.62. The zero-order valence-corrected chi connectivity index (χ0v) is 13.9. The van der Waals surface area contributed by atoms with Gasteiger partial charge in [-0.3, -0.25) is 9.29 Å². The average molecular weight is 336 g/mol. The van der Waals surface area contributed by atoms with Crippen LogP contribution in [0.5, 0.6) is 0 Å². The molecule has 0 aromatic carbocycles. The topological polar surface area (TPSA) is 66.4 Å². The van der Waals surface area contributed by atoms with E-state index in [1.165, 1.54) is 10.5 Å². The van der Waals surface area contributed by atoms with Gasteiger partial charge in [0.05, 0.1) is 11.9 Å². The molecule has 1 aliphatic rings. The van der Waals surface area contributed by atoms with Crippen LogP contribution in [0.3, 0.4) is 0 Å². The minimum absolute atomic E-state index is 0.194. The average Bonchev–Trinajstić information content (AvgIpc) is 2.54. The van der Waals surface area contributed by atoms with Gasteiger partial charge < -0.3 is 4.90 Å². The Morgan fingerprint density at radius 1 is 1.23 bits per heavy atom. The summed E-state index contributed by atoms with van der Waals surface area (Å²) in [7, 11) is 0.104. The molecule has 0 aliphatic carbocycles. The predicted octanol–water partition coefficient (Wildman–Crippen LogP) is 1.84. The molecule has 1 aliphatic heterocycles. The summed E-state index contributed by atoms with van der Waals surface area (Å²) in [6.07, 6.45) is 4.68. The van der Waals surface area contributed by atoms with Crippen LogP contribution >= 0.6 is 11.8 Å². The number of nitrogens with zero attached hydrogens (tertiary/aromatic N) is 4. The third-order valence-electron chi connectivity index (χ3n) is 3.35. The van der Waals surface area contributed by atoms with Gasteiger partial charge in [-0.1, -0.05) is 0 Å². The van der Waals surface area contributed by atoms with E-state index in [1.807, 2.05) is 25.1 Å². The maximum atomic E-state index is 12.9. The van der Waals surface area contributed by atoms with Crippen LogP contribution in [0.1, 0.15) is 0 Å². The molecule has 0 atom stereocenters. The van der Waals surface area contributed by atoms with Crippen molar-refractivity contribution in [3.63, 3.8) is 0 Å². The molecule has 3 heterocycles. The Kier molecular flexibility index (Phi) is 3.96. The van der Waals surface area contributed by atoms with Crippen LogP contribution in [0.25, 0.3) is 0 Å². The van der Waals surface area contributed by atoms with E-state index in [0.29, 0.717) is 12.2 Å². The Morgan fingerprint density at radius 2 is 2.05 bits per heavy atom. The second-order valence-electron chi connectivity index (χ2n) is 5.02. The SMILES string of the molecule is CN(C)c1ccc(S(=O)(=O)N2CCSc3ccncc32)cn1. The molecule has 8 heteroatoms. The van der Waals surface area contributed by atoms with E-state index in [0.717, 1.165) is 16.5 Å². The van der Waals surface area contributed by atoms with Gasteiger partial charge in [-0.25, -0.2) is 13.4 Å². The Balaban J connectivity index is 2.00. The second kappa shape index (κ2) is 5.77. The molecule has 0 unspecified atom stereocenters. The lowest BCUT2D eigenvalue weighted by molar-refractivity contribution is 0.591. The Labute approximate surface area is 134 Å². The van der Waals surface area contributed by atoms with Gasteiger partial charge in [-0.15, -0.1) is 11.8 Å². The van der Waals surface area contributed by atoms with Crippen LogP contribution in [0.15, 0.2) is 46.6 Å². The van der Waals surface area contributed by atoms with Crippen molar-refractivity contribution >= 4 is 33.3 Å². The third-order valence-corrected chi connectivity index (χ3v) is 6.19. The first-order chi connectivity index (χ1) is 10.5. The van der Waals surface area contributed by atoms with Crippen molar-refractivity contribution in [3.05, 3.63) is 36.8 Å². The van der Waals surface area contributed by atoms with Gasteiger partial charge >= 0.3 is 0 Å². The van der Waals surface area contributed by atoms with E-state index >= 15 is 0 Å². The lowest BCUT2D eigenvalue weighted by Gasteiger charge is -2.29. The highest BCUT2D eigenvalue weighted by molar-refractivity contribution is 8.00. The van der Waals surface area contributed by atoms with Crippen LogP contribution < -0.4 is 9.21 Å². The van der Waals surface area contributed by atoms with Crippen LogP contribution in [-0.4, -0.2) is 44.8 Å². The molecule has 116 valence electrons. The van der Waals surface area contributed by atoms with Gasteiger partial charge in [-0.2, -0.15) is 0 Å². The van der Waals surface area contributed by atoms with Crippen molar-refractivity contribution in [1.82, 2.24) is 9.97 Å². The molecule has 0 amide bonds. The van der Waals surface area contributed by atoms with Gasteiger partial charge in [0.15, 0.2) is 0 Å². The fraction of sp³-hybridized carbons (Fsp3) is 0.286. The van der Waals surface area contributed by atoms with Gasteiger partial charge in [0.2, 0.25) is 0 Å². The molecule has 0 bridgehead atoms. The Hall–Kier alpha value is -1.80. The molecule has 2 aromatic heterocycles. The Morgan fingerprint density at radius 3 is 2.73 bits per heavy atom. The maximum Gasteiger partial charge on any atom is 0.265 e. The van der Waals surface area contributed by atoms with Crippen molar-refractivity contribution in [1.29, 1.82) is 0 Å². The summed E-state index contributed by atoms with van der Waals surface area (Å²) in [6.45, 7) is 0.432. The van der Waals surface area contributed by atoms with Gasteiger partial charge in [0, 0.05) is 43.7 Å². The summed E-state index contributed by atoms with van der Waals surface area (Å²) >= 11 is 1.64. The standard InChI is InChI=1S/C14H16N4O2S2/c1-17(2)14-4-3-11(9-16-14)22(19,20)18-7-8-21-13-5-6-15-10-12(13)18/h3-6,9-10H,7-8H2,1-2H3. The molecular formula is C14H16N4O2S2. The van der Waals surface area contributed by atoms with Crippen molar-refractivity contribution < 1.29 is 8.42 Å². The highest BCUT2D eigenvalue weighted by Crippen LogP contribution is 2.36. The molecule has 3 rings (SSSR count). The normalized spacial score (nSPS) is 14.5. The lowest BCUT2D eigenvalue weighted by atomic mass is 10.4. The first kappa shape index (κ1) is 15.1.